The number of aromatic nitrogens is 2. The van der Waals surface area contributed by atoms with E-state index < -0.39 is 0 Å². The molecule has 0 spiro atoms. The second kappa shape index (κ2) is 4.91. The first-order valence-electron chi connectivity index (χ1n) is 6.58. The van der Waals surface area contributed by atoms with Crippen molar-refractivity contribution in [3.05, 3.63) is 24.4 Å². The minimum atomic E-state index is 0.149. The quantitative estimate of drug-likeness (QED) is 0.896. The van der Waals surface area contributed by atoms with Crippen molar-refractivity contribution >= 4 is 16.8 Å². The van der Waals surface area contributed by atoms with Gasteiger partial charge in [-0.1, -0.05) is 6.07 Å². The van der Waals surface area contributed by atoms with Gasteiger partial charge in [0.15, 0.2) is 0 Å². The fourth-order valence-corrected chi connectivity index (χ4v) is 2.51. The number of hydrogen-bond acceptors (Lipinski definition) is 3. The molecule has 19 heavy (non-hydrogen) atoms. The number of benzene rings is 1. The third-order valence-corrected chi connectivity index (χ3v) is 3.63. The number of nitrogens with zero attached hydrogens (tertiary/aromatic N) is 2. The summed E-state index contributed by atoms with van der Waals surface area (Å²) in [5.41, 5.74) is 0.985. The number of aromatic amines is 1. The van der Waals surface area contributed by atoms with E-state index in [0.29, 0.717) is 0 Å². The number of H-pyrrole nitrogens is 1. The summed E-state index contributed by atoms with van der Waals surface area (Å²) in [4.78, 5) is 13.1. The maximum absolute atomic E-state index is 11.3. The number of rotatable bonds is 2. The zero-order chi connectivity index (χ0) is 13.2. The third kappa shape index (κ3) is 2.41. The maximum Gasteiger partial charge on any atom is 0.219 e. The summed E-state index contributed by atoms with van der Waals surface area (Å²) in [5, 5.41) is 7.98. The van der Waals surface area contributed by atoms with Crippen molar-refractivity contribution in [2.75, 3.05) is 13.1 Å². The van der Waals surface area contributed by atoms with E-state index in [0.717, 1.165) is 42.6 Å². The second-order valence-corrected chi connectivity index (χ2v) is 4.91. The van der Waals surface area contributed by atoms with Gasteiger partial charge < -0.3 is 9.64 Å². The molecule has 1 aliphatic rings. The lowest BCUT2D eigenvalue weighted by atomic mass is 10.1. The van der Waals surface area contributed by atoms with Crippen molar-refractivity contribution in [3.8, 4) is 5.75 Å². The van der Waals surface area contributed by atoms with E-state index in [9.17, 15) is 4.79 Å². The van der Waals surface area contributed by atoms with Crippen LogP contribution in [0, 0.1) is 0 Å². The van der Waals surface area contributed by atoms with Crippen LogP contribution in [0.25, 0.3) is 10.9 Å². The smallest absolute Gasteiger partial charge is 0.219 e. The average Bonchev–Trinajstić information content (AvgIpc) is 2.89. The highest BCUT2D eigenvalue weighted by molar-refractivity contribution is 5.84. The molecule has 2 heterocycles. The Morgan fingerprint density at radius 2 is 2.21 bits per heavy atom. The van der Waals surface area contributed by atoms with Crippen molar-refractivity contribution in [2.24, 2.45) is 0 Å². The maximum atomic E-state index is 11.3. The van der Waals surface area contributed by atoms with Gasteiger partial charge in [-0.25, -0.2) is 0 Å². The van der Waals surface area contributed by atoms with Gasteiger partial charge in [-0.15, -0.1) is 0 Å². The number of carbonyl (C=O) groups is 1. The number of amides is 1. The molecule has 1 N–H and O–H groups in total. The Bertz CT molecular complexity index is 585. The zero-order valence-corrected chi connectivity index (χ0v) is 10.9. The van der Waals surface area contributed by atoms with Gasteiger partial charge in [0.05, 0.1) is 17.1 Å². The molecule has 5 heteroatoms. The van der Waals surface area contributed by atoms with E-state index in [4.69, 9.17) is 4.74 Å². The van der Waals surface area contributed by atoms with Crippen LogP contribution in [0.2, 0.25) is 0 Å². The van der Waals surface area contributed by atoms with E-state index in [-0.39, 0.29) is 12.0 Å². The van der Waals surface area contributed by atoms with Crippen molar-refractivity contribution in [3.63, 3.8) is 0 Å². The van der Waals surface area contributed by atoms with Gasteiger partial charge in [0, 0.05) is 32.9 Å². The van der Waals surface area contributed by atoms with Gasteiger partial charge in [0.1, 0.15) is 11.9 Å². The zero-order valence-electron chi connectivity index (χ0n) is 10.9. The Morgan fingerprint density at radius 3 is 2.95 bits per heavy atom. The average molecular weight is 259 g/mol. The summed E-state index contributed by atoms with van der Waals surface area (Å²) in [6.07, 6.45) is 3.73. The highest BCUT2D eigenvalue weighted by Gasteiger charge is 2.22. The molecule has 0 atom stereocenters. The molecule has 1 aromatic heterocycles. The van der Waals surface area contributed by atoms with Crippen molar-refractivity contribution in [1.82, 2.24) is 15.1 Å². The second-order valence-electron chi connectivity index (χ2n) is 4.91. The van der Waals surface area contributed by atoms with E-state index in [2.05, 4.69) is 10.2 Å². The summed E-state index contributed by atoms with van der Waals surface area (Å²) in [5.74, 6) is 1.02. The first-order chi connectivity index (χ1) is 9.24. The topological polar surface area (TPSA) is 58.2 Å². The summed E-state index contributed by atoms with van der Waals surface area (Å²) < 4.78 is 6.06. The number of ether oxygens (including phenoxy) is 1. The minimum Gasteiger partial charge on any atom is -0.490 e. The first-order valence-corrected chi connectivity index (χ1v) is 6.58. The third-order valence-electron chi connectivity index (χ3n) is 3.63. The predicted octanol–water partition coefficient (Wildman–Crippen LogP) is 1.95. The van der Waals surface area contributed by atoms with Crippen molar-refractivity contribution in [1.29, 1.82) is 0 Å². The largest absolute Gasteiger partial charge is 0.490 e. The Hall–Kier alpha value is -2.04. The van der Waals surface area contributed by atoms with Crippen molar-refractivity contribution < 1.29 is 9.53 Å². The van der Waals surface area contributed by atoms with E-state index in [1.54, 1.807) is 13.1 Å². The molecule has 0 bridgehead atoms. The van der Waals surface area contributed by atoms with Crippen LogP contribution in [-0.4, -0.2) is 40.2 Å². The van der Waals surface area contributed by atoms with Gasteiger partial charge in [-0.2, -0.15) is 5.10 Å². The van der Waals surface area contributed by atoms with Crippen LogP contribution < -0.4 is 4.74 Å². The van der Waals surface area contributed by atoms with Crippen LogP contribution >= 0.6 is 0 Å². The molecule has 1 amide bonds. The molecular formula is C14H17N3O2. The molecule has 1 aromatic carbocycles. The minimum absolute atomic E-state index is 0.149. The summed E-state index contributed by atoms with van der Waals surface area (Å²) in [6.45, 7) is 3.18. The fraction of sp³-hybridized carbons (Fsp3) is 0.429. The molecule has 1 fully saturated rings. The Morgan fingerprint density at radius 1 is 1.42 bits per heavy atom. The van der Waals surface area contributed by atoms with Gasteiger partial charge >= 0.3 is 0 Å². The molecule has 0 aliphatic carbocycles. The van der Waals surface area contributed by atoms with Gasteiger partial charge in [-0.3, -0.25) is 9.89 Å². The normalized spacial score (nSPS) is 16.8. The van der Waals surface area contributed by atoms with E-state index >= 15 is 0 Å². The molecule has 5 nitrogen and oxygen atoms in total. The fourth-order valence-electron chi connectivity index (χ4n) is 2.51. The molecule has 0 saturated carbocycles. The molecule has 1 saturated heterocycles. The number of piperidine rings is 1. The predicted molar refractivity (Wildman–Crippen MR) is 72.0 cm³/mol. The van der Waals surface area contributed by atoms with Crippen LogP contribution in [0.5, 0.6) is 5.75 Å². The summed E-state index contributed by atoms with van der Waals surface area (Å²) in [6, 6.07) is 5.91. The van der Waals surface area contributed by atoms with E-state index in [1.165, 1.54) is 0 Å². The molecule has 3 rings (SSSR count). The first kappa shape index (κ1) is 12.0. The molecular weight excluding hydrogens is 242 g/mol. The molecule has 0 radical (unpaired) electrons. The number of nitrogens with one attached hydrogen (secondary N) is 1. The highest BCUT2D eigenvalue weighted by Crippen LogP contribution is 2.26. The van der Waals surface area contributed by atoms with E-state index in [1.807, 2.05) is 23.1 Å². The lowest BCUT2D eigenvalue weighted by molar-refractivity contribution is -0.130. The number of fused-ring (bicyclic) bond motifs is 1. The Labute approximate surface area is 111 Å². The van der Waals surface area contributed by atoms with Crippen LogP contribution in [-0.2, 0) is 4.79 Å². The molecule has 2 aromatic rings. The van der Waals surface area contributed by atoms with Gasteiger partial charge in [-0.05, 0) is 12.1 Å². The Balaban J connectivity index is 1.69. The molecule has 100 valence electrons. The summed E-state index contributed by atoms with van der Waals surface area (Å²) >= 11 is 0. The molecule has 1 aliphatic heterocycles. The van der Waals surface area contributed by atoms with Gasteiger partial charge in [0.25, 0.3) is 0 Å². The number of hydrogen-bond donors (Lipinski definition) is 1. The SMILES string of the molecule is CC(=O)N1CCC(Oc2cccc3[nH]ncc23)CC1. The van der Waals surface area contributed by atoms with Crippen LogP contribution in [0.4, 0.5) is 0 Å². The monoisotopic (exact) mass is 259 g/mol. The number of carbonyl (C=O) groups excluding carboxylic acids is 1. The summed E-state index contributed by atoms with van der Waals surface area (Å²) in [7, 11) is 0. The highest BCUT2D eigenvalue weighted by atomic mass is 16.5. The standard InChI is InChI=1S/C14H17N3O2/c1-10(18)17-7-5-11(6-8-17)19-14-4-2-3-13-12(14)9-15-16-13/h2-4,9,11H,5-8H2,1H3,(H,15,16). The molecule has 0 unspecified atom stereocenters. The van der Waals surface area contributed by atoms with Crippen LogP contribution in [0.3, 0.4) is 0 Å². The lowest BCUT2D eigenvalue weighted by Crippen LogP contribution is -2.40. The van der Waals surface area contributed by atoms with Gasteiger partial charge in [0.2, 0.25) is 5.91 Å². The van der Waals surface area contributed by atoms with Crippen molar-refractivity contribution in [2.45, 2.75) is 25.9 Å². The lowest BCUT2D eigenvalue weighted by Gasteiger charge is -2.31. The number of likely N-dealkylation sites (tertiary alicyclic amines) is 1. The Kier molecular flexibility index (Phi) is 3.11. The van der Waals surface area contributed by atoms with Crippen LogP contribution in [0.15, 0.2) is 24.4 Å². The van der Waals surface area contributed by atoms with Crippen LogP contribution in [0.1, 0.15) is 19.8 Å².